The Morgan fingerprint density at radius 2 is 1.00 bits per heavy atom. The molecule has 0 amide bonds. The molecule has 11 rings (SSSR count). The first-order valence-electron chi connectivity index (χ1n) is 21.6. The lowest BCUT2D eigenvalue weighted by Crippen LogP contribution is -2.44. The van der Waals surface area contributed by atoms with Crippen LogP contribution in [0.2, 0.25) is 0 Å². The number of rotatable bonds is 8. The molecule has 296 valence electrons. The van der Waals surface area contributed by atoms with Gasteiger partial charge < -0.3 is 5.32 Å². The second-order valence-electron chi connectivity index (χ2n) is 16.3. The van der Waals surface area contributed by atoms with Crippen molar-refractivity contribution in [3.8, 4) is 44.6 Å². The average molecular weight is 796 g/mol. The molecule has 0 radical (unpaired) electrons. The Morgan fingerprint density at radius 1 is 0.452 bits per heavy atom. The molecule has 1 aliphatic heterocycles. The van der Waals surface area contributed by atoms with Crippen LogP contribution in [0.25, 0.3) is 77.6 Å². The third-order valence-corrected chi connectivity index (χ3v) is 12.5. The van der Waals surface area contributed by atoms with Crippen LogP contribution in [0.1, 0.15) is 35.7 Å². The molecule has 8 aromatic carbocycles. The summed E-state index contributed by atoms with van der Waals surface area (Å²) in [5.41, 5.74) is 17.9. The van der Waals surface area contributed by atoms with Gasteiger partial charge in [-0.15, -0.1) is 0 Å². The number of hydrogen-bond donors (Lipinski definition) is 2. The molecule has 2 unspecified atom stereocenters. The van der Waals surface area contributed by atoms with Gasteiger partial charge in [0.15, 0.2) is 0 Å². The molecule has 2 heterocycles. The van der Waals surface area contributed by atoms with E-state index in [-0.39, 0.29) is 12.2 Å². The summed E-state index contributed by atoms with van der Waals surface area (Å²) in [5, 5.41) is 11.5. The van der Waals surface area contributed by atoms with Crippen LogP contribution in [0.4, 0.5) is 0 Å². The van der Waals surface area contributed by atoms with Crippen LogP contribution in [0.3, 0.4) is 0 Å². The zero-order chi connectivity index (χ0) is 41.2. The summed E-state index contributed by atoms with van der Waals surface area (Å²) < 4.78 is 0. The zero-order valence-corrected chi connectivity index (χ0v) is 34.4. The number of nitrogens with zero attached hydrogens (tertiary/aromatic N) is 1. The van der Waals surface area contributed by atoms with Crippen molar-refractivity contribution >= 4 is 32.9 Å². The van der Waals surface area contributed by atoms with Gasteiger partial charge in [0.25, 0.3) is 0 Å². The lowest BCUT2D eigenvalue weighted by Gasteiger charge is -2.35. The average Bonchev–Trinajstić information content (AvgIpc) is 3.37. The van der Waals surface area contributed by atoms with E-state index < -0.39 is 0 Å². The van der Waals surface area contributed by atoms with Crippen molar-refractivity contribution < 1.29 is 0 Å². The van der Waals surface area contributed by atoms with E-state index in [1.54, 1.807) is 0 Å². The maximum Gasteiger partial charge on any atom is 0.104 e. The topological polar surface area (TPSA) is 37.0 Å². The van der Waals surface area contributed by atoms with Crippen molar-refractivity contribution in [2.75, 3.05) is 0 Å². The zero-order valence-electron chi connectivity index (χ0n) is 34.4. The van der Waals surface area contributed by atoms with Crippen molar-refractivity contribution in [1.82, 2.24) is 15.6 Å². The Kier molecular flexibility index (Phi) is 9.93. The highest BCUT2D eigenvalue weighted by molar-refractivity contribution is 6.14. The molecule has 2 aliphatic rings. The van der Waals surface area contributed by atoms with Crippen molar-refractivity contribution in [2.24, 2.45) is 0 Å². The van der Waals surface area contributed by atoms with Gasteiger partial charge in [0, 0.05) is 16.6 Å². The minimum atomic E-state index is -0.0616. The number of nitrogens with one attached hydrogen (secondary N) is 2. The standard InChI is InChI=1S/C59H45N3/c1-5-13-40(14-6-1)42-21-28-48(29-22-42)56-39-57(62-59(61-56)50-32-25-43(26-33-50)41-15-7-2-8-16-41)49-30-23-44(24-31-49)51-34-27-46-35-36-54-58(52(46)37-51)53(45-17-9-3-10-18-45)38-55(60-54)47-19-11-4-12-20-47/h1-23,25-30,32-39,57,59,61-62H,24,31H2. The third kappa shape index (κ3) is 7.44. The largest absolute Gasteiger partial charge is 0.366 e. The number of fused-ring (bicyclic) bond motifs is 3. The molecule has 3 heteroatoms. The summed E-state index contributed by atoms with van der Waals surface area (Å²) in [7, 11) is 0. The molecule has 0 fully saturated rings. The molecular weight excluding hydrogens is 751 g/mol. The second-order valence-corrected chi connectivity index (χ2v) is 16.3. The van der Waals surface area contributed by atoms with Crippen molar-refractivity contribution in [1.29, 1.82) is 0 Å². The van der Waals surface area contributed by atoms with Gasteiger partial charge in [0.2, 0.25) is 0 Å². The Hall–Kier alpha value is -7.59. The SMILES string of the molecule is C1=C(c2ccc3ccc4nc(-c5ccccc5)cc(-c5ccccc5)c4c3c2)CCC(C2C=C(c3ccc(-c4ccccc4)cc3)NC(c3ccc(-c4ccccc4)cc3)N2)=C1. The first kappa shape index (κ1) is 37.4. The quantitative estimate of drug-likeness (QED) is 0.150. The van der Waals surface area contributed by atoms with Gasteiger partial charge in [0.05, 0.1) is 17.3 Å². The molecule has 0 saturated heterocycles. The molecule has 1 aliphatic carbocycles. The highest BCUT2D eigenvalue weighted by Crippen LogP contribution is 2.39. The van der Waals surface area contributed by atoms with E-state index in [1.807, 2.05) is 0 Å². The van der Waals surface area contributed by atoms with Gasteiger partial charge in [-0.25, -0.2) is 4.98 Å². The Bertz CT molecular complexity index is 3130. The smallest absolute Gasteiger partial charge is 0.104 e. The fourth-order valence-corrected chi connectivity index (χ4v) is 9.19. The van der Waals surface area contributed by atoms with Crippen LogP contribution in [0.15, 0.2) is 230 Å². The van der Waals surface area contributed by atoms with Crippen LogP contribution in [0, 0.1) is 0 Å². The highest BCUT2D eigenvalue weighted by Gasteiger charge is 2.26. The molecular formula is C59H45N3. The lowest BCUT2D eigenvalue weighted by atomic mass is 9.87. The van der Waals surface area contributed by atoms with Crippen LogP contribution in [-0.4, -0.2) is 11.0 Å². The number of aromatic nitrogens is 1. The number of allylic oxidation sites excluding steroid dienone is 3. The third-order valence-electron chi connectivity index (χ3n) is 12.5. The van der Waals surface area contributed by atoms with Gasteiger partial charge in [-0.05, 0) is 109 Å². The lowest BCUT2D eigenvalue weighted by molar-refractivity contribution is 0.455. The van der Waals surface area contributed by atoms with E-state index in [1.165, 1.54) is 77.4 Å². The van der Waals surface area contributed by atoms with Crippen LogP contribution < -0.4 is 10.6 Å². The molecule has 0 spiro atoms. The number of benzene rings is 8. The summed E-state index contributed by atoms with van der Waals surface area (Å²) in [6, 6.07) is 74.1. The van der Waals surface area contributed by atoms with Crippen molar-refractivity contribution in [3.05, 3.63) is 247 Å². The predicted octanol–water partition coefficient (Wildman–Crippen LogP) is 14.5. The Labute approximate surface area is 363 Å². The van der Waals surface area contributed by atoms with E-state index in [0.717, 1.165) is 35.3 Å². The minimum Gasteiger partial charge on any atom is -0.366 e. The van der Waals surface area contributed by atoms with Gasteiger partial charge in [-0.2, -0.15) is 0 Å². The van der Waals surface area contributed by atoms with Crippen molar-refractivity contribution in [2.45, 2.75) is 25.0 Å². The molecule has 62 heavy (non-hydrogen) atoms. The Balaban J connectivity index is 0.944. The molecule has 1 aromatic heterocycles. The number of hydrogen-bond acceptors (Lipinski definition) is 3. The van der Waals surface area contributed by atoms with E-state index in [9.17, 15) is 0 Å². The summed E-state index contributed by atoms with van der Waals surface area (Å²) in [6.07, 6.45) is 8.95. The first-order chi connectivity index (χ1) is 30.7. The molecule has 2 N–H and O–H groups in total. The molecule has 9 aromatic rings. The summed E-state index contributed by atoms with van der Waals surface area (Å²) >= 11 is 0. The summed E-state index contributed by atoms with van der Waals surface area (Å²) in [6.45, 7) is 0. The van der Waals surface area contributed by atoms with E-state index in [2.05, 4.69) is 235 Å². The maximum atomic E-state index is 5.24. The monoisotopic (exact) mass is 795 g/mol. The fraction of sp³-hybridized carbons (Fsp3) is 0.0678. The Morgan fingerprint density at radius 3 is 1.63 bits per heavy atom. The predicted molar refractivity (Wildman–Crippen MR) is 260 cm³/mol. The van der Waals surface area contributed by atoms with Crippen LogP contribution >= 0.6 is 0 Å². The van der Waals surface area contributed by atoms with Gasteiger partial charge in [-0.1, -0.05) is 200 Å². The highest BCUT2D eigenvalue weighted by atomic mass is 15.2. The van der Waals surface area contributed by atoms with Gasteiger partial charge in [0.1, 0.15) is 6.17 Å². The van der Waals surface area contributed by atoms with Crippen molar-refractivity contribution in [3.63, 3.8) is 0 Å². The van der Waals surface area contributed by atoms with E-state index in [0.29, 0.717) is 0 Å². The van der Waals surface area contributed by atoms with Crippen LogP contribution in [-0.2, 0) is 0 Å². The number of pyridine rings is 1. The molecule has 0 bridgehead atoms. The molecule has 0 saturated carbocycles. The maximum absolute atomic E-state index is 5.24. The summed E-state index contributed by atoms with van der Waals surface area (Å²) in [5.74, 6) is 0. The second kappa shape index (κ2) is 16.5. The van der Waals surface area contributed by atoms with E-state index in [4.69, 9.17) is 4.98 Å². The summed E-state index contributed by atoms with van der Waals surface area (Å²) in [4.78, 5) is 5.24. The molecule has 2 atom stereocenters. The normalized spacial score (nSPS) is 16.3. The molecule has 3 nitrogen and oxygen atoms in total. The van der Waals surface area contributed by atoms with Gasteiger partial charge >= 0.3 is 0 Å². The minimum absolute atomic E-state index is 0.0616. The fourth-order valence-electron chi connectivity index (χ4n) is 9.19. The van der Waals surface area contributed by atoms with Crippen LogP contribution in [0.5, 0.6) is 0 Å². The first-order valence-corrected chi connectivity index (χ1v) is 21.6. The van der Waals surface area contributed by atoms with Gasteiger partial charge in [-0.3, -0.25) is 5.32 Å². The van der Waals surface area contributed by atoms with E-state index >= 15 is 0 Å².